The molecule has 0 saturated heterocycles. The fraction of sp³-hybridized carbons (Fsp3) is 0.375. The molecule has 0 aliphatic carbocycles. The second-order valence-corrected chi connectivity index (χ2v) is 5.34. The van der Waals surface area contributed by atoms with E-state index in [4.69, 9.17) is 4.74 Å². The summed E-state index contributed by atoms with van der Waals surface area (Å²) in [6, 6.07) is 10.9. The van der Waals surface area contributed by atoms with Crippen molar-refractivity contribution in [2.24, 2.45) is 0 Å². The summed E-state index contributed by atoms with van der Waals surface area (Å²) in [6.07, 6.45) is 1.08. The molecule has 1 unspecified atom stereocenters. The SMILES string of the molecule is CCOc1ccc(C(NC)c2sccc2CC)cc1. The van der Waals surface area contributed by atoms with E-state index in [1.807, 2.05) is 37.4 Å². The van der Waals surface area contributed by atoms with Gasteiger partial charge >= 0.3 is 0 Å². The highest BCUT2D eigenvalue weighted by atomic mass is 32.1. The summed E-state index contributed by atoms with van der Waals surface area (Å²) < 4.78 is 5.49. The third-order valence-corrected chi connectivity index (χ3v) is 4.26. The van der Waals surface area contributed by atoms with E-state index in [1.165, 1.54) is 16.0 Å². The lowest BCUT2D eigenvalue weighted by Gasteiger charge is -2.17. The molecule has 2 nitrogen and oxygen atoms in total. The van der Waals surface area contributed by atoms with Crippen LogP contribution in [0.1, 0.15) is 35.9 Å². The number of ether oxygens (including phenoxy) is 1. The number of rotatable bonds is 6. The maximum absolute atomic E-state index is 5.49. The van der Waals surface area contributed by atoms with Gasteiger partial charge in [0, 0.05) is 4.88 Å². The van der Waals surface area contributed by atoms with Gasteiger partial charge in [-0.25, -0.2) is 0 Å². The first-order valence-corrected chi connectivity index (χ1v) is 7.64. The zero-order valence-corrected chi connectivity index (χ0v) is 12.6. The molecule has 0 fully saturated rings. The molecule has 2 aromatic rings. The molecule has 1 aromatic carbocycles. The maximum atomic E-state index is 5.49. The summed E-state index contributed by atoms with van der Waals surface area (Å²) in [7, 11) is 2.01. The van der Waals surface area contributed by atoms with Gasteiger partial charge in [0.25, 0.3) is 0 Å². The van der Waals surface area contributed by atoms with Crippen molar-refractivity contribution in [1.82, 2.24) is 5.32 Å². The van der Waals surface area contributed by atoms with Gasteiger partial charge in [0.2, 0.25) is 0 Å². The highest BCUT2D eigenvalue weighted by Gasteiger charge is 2.16. The highest BCUT2D eigenvalue weighted by molar-refractivity contribution is 7.10. The van der Waals surface area contributed by atoms with Gasteiger partial charge in [0.1, 0.15) is 5.75 Å². The van der Waals surface area contributed by atoms with Crippen molar-refractivity contribution >= 4 is 11.3 Å². The van der Waals surface area contributed by atoms with Crippen LogP contribution in [0.25, 0.3) is 0 Å². The van der Waals surface area contributed by atoms with Gasteiger partial charge in [0.05, 0.1) is 12.6 Å². The van der Waals surface area contributed by atoms with E-state index in [-0.39, 0.29) is 6.04 Å². The Balaban J connectivity index is 2.26. The number of aryl methyl sites for hydroxylation is 1. The van der Waals surface area contributed by atoms with Gasteiger partial charge in [-0.3, -0.25) is 0 Å². The van der Waals surface area contributed by atoms with Gasteiger partial charge in [-0.15, -0.1) is 11.3 Å². The van der Waals surface area contributed by atoms with Crippen molar-refractivity contribution in [1.29, 1.82) is 0 Å². The van der Waals surface area contributed by atoms with Crippen molar-refractivity contribution < 1.29 is 4.74 Å². The first-order valence-electron chi connectivity index (χ1n) is 6.76. The number of thiophene rings is 1. The summed E-state index contributed by atoms with van der Waals surface area (Å²) in [5, 5.41) is 5.59. The minimum Gasteiger partial charge on any atom is -0.494 e. The number of hydrogen-bond donors (Lipinski definition) is 1. The molecule has 2 rings (SSSR count). The van der Waals surface area contributed by atoms with Crippen LogP contribution in [0.4, 0.5) is 0 Å². The molecule has 3 heteroatoms. The number of benzene rings is 1. The average molecular weight is 275 g/mol. The van der Waals surface area contributed by atoms with Crippen molar-refractivity contribution in [3.05, 3.63) is 51.7 Å². The molecule has 0 radical (unpaired) electrons. The van der Waals surface area contributed by atoms with E-state index in [9.17, 15) is 0 Å². The fourth-order valence-corrected chi connectivity index (χ4v) is 3.40. The van der Waals surface area contributed by atoms with E-state index in [2.05, 4.69) is 35.8 Å². The topological polar surface area (TPSA) is 21.3 Å². The van der Waals surface area contributed by atoms with E-state index in [0.29, 0.717) is 6.61 Å². The largest absolute Gasteiger partial charge is 0.494 e. The standard InChI is InChI=1S/C16H21NOS/c1-4-12-10-11-19-16(12)15(17-3)13-6-8-14(9-7-13)18-5-2/h6-11,15,17H,4-5H2,1-3H3. The molecule has 0 amide bonds. The second kappa shape index (κ2) is 6.73. The summed E-state index contributed by atoms with van der Waals surface area (Å²) >= 11 is 1.82. The molecule has 0 aliphatic rings. The number of hydrogen-bond acceptors (Lipinski definition) is 3. The van der Waals surface area contributed by atoms with Crippen LogP contribution < -0.4 is 10.1 Å². The minimum atomic E-state index is 0.269. The first-order chi connectivity index (χ1) is 9.30. The molecule has 1 atom stereocenters. The van der Waals surface area contributed by atoms with E-state index in [0.717, 1.165) is 12.2 Å². The first kappa shape index (κ1) is 14.1. The lowest BCUT2D eigenvalue weighted by molar-refractivity contribution is 0.340. The Bertz CT molecular complexity index is 504. The Morgan fingerprint density at radius 3 is 2.47 bits per heavy atom. The van der Waals surface area contributed by atoms with Gasteiger partial charge in [0.15, 0.2) is 0 Å². The van der Waals surface area contributed by atoms with Crippen molar-refractivity contribution in [3.8, 4) is 5.75 Å². The van der Waals surface area contributed by atoms with Crippen LogP contribution in [-0.4, -0.2) is 13.7 Å². The molecule has 0 aliphatic heterocycles. The lowest BCUT2D eigenvalue weighted by atomic mass is 10.0. The molecule has 102 valence electrons. The van der Waals surface area contributed by atoms with Crippen LogP contribution in [0.2, 0.25) is 0 Å². The molecule has 1 aromatic heterocycles. The zero-order chi connectivity index (χ0) is 13.7. The van der Waals surface area contributed by atoms with Crippen LogP contribution in [0.15, 0.2) is 35.7 Å². The Morgan fingerprint density at radius 2 is 1.89 bits per heavy atom. The van der Waals surface area contributed by atoms with Crippen molar-refractivity contribution in [2.75, 3.05) is 13.7 Å². The second-order valence-electron chi connectivity index (χ2n) is 4.39. The minimum absolute atomic E-state index is 0.269. The molecule has 19 heavy (non-hydrogen) atoms. The quantitative estimate of drug-likeness (QED) is 0.860. The molecular weight excluding hydrogens is 254 g/mol. The molecule has 1 N–H and O–H groups in total. The lowest BCUT2D eigenvalue weighted by Crippen LogP contribution is -2.17. The third kappa shape index (κ3) is 3.17. The Hall–Kier alpha value is -1.32. The molecule has 0 spiro atoms. The normalized spacial score (nSPS) is 12.4. The van der Waals surface area contributed by atoms with Crippen LogP contribution in [-0.2, 0) is 6.42 Å². The maximum Gasteiger partial charge on any atom is 0.119 e. The monoisotopic (exact) mass is 275 g/mol. The molecule has 0 saturated carbocycles. The van der Waals surface area contributed by atoms with Crippen LogP contribution in [0.5, 0.6) is 5.75 Å². The van der Waals surface area contributed by atoms with Gasteiger partial charge in [-0.1, -0.05) is 19.1 Å². The van der Waals surface area contributed by atoms with Crippen LogP contribution >= 0.6 is 11.3 Å². The zero-order valence-electron chi connectivity index (χ0n) is 11.8. The van der Waals surface area contributed by atoms with Gasteiger partial charge < -0.3 is 10.1 Å². The molecule has 1 heterocycles. The summed E-state index contributed by atoms with van der Waals surface area (Å²) in [5.74, 6) is 0.933. The van der Waals surface area contributed by atoms with Crippen molar-refractivity contribution in [2.45, 2.75) is 26.3 Å². The predicted octanol–water partition coefficient (Wildman–Crippen LogP) is 4.02. The predicted molar refractivity (Wildman–Crippen MR) is 82.2 cm³/mol. The van der Waals surface area contributed by atoms with Crippen LogP contribution in [0.3, 0.4) is 0 Å². The van der Waals surface area contributed by atoms with E-state index in [1.54, 1.807) is 0 Å². The molecular formula is C16H21NOS. The Labute approximate surface area is 119 Å². The van der Waals surface area contributed by atoms with Crippen LogP contribution in [0, 0.1) is 0 Å². The van der Waals surface area contributed by atoms with Crippen molar-refractivity contribution in [3.63, 3.8) is 0 Å². The Morgan fingerprint density at radius 1 is 1.16 bits per heavy atom. The van der Waals surface area contributed by atoms with Gasteiger partial charge in [-0.05, 0) is 55.1 Å². The Kier molecular flexibility index (Phi) is 5.00. The van der Waals surface area contributed by atoms with Gasteiger partial charge in [-0.2, -0.15) is 0 Å². The highest BCUT2D eigenvalue weighted by Crippen LogP contribution is 2.30. The summed E-state index contributed by atoms with van der Waals surface area (Å²) in [5.41, 5.74) is 2.71. The average Bonchev–Trinajstić information content (AvgIpc) is 2.90. The smallest absolute Gasteiger partial charge is 0.119 e. The van der Waals surface area contributed by atoms with E-state index >= 15 is 0 Å². The fourth-order valence-electron chi connectivity index (χ4n) is 2.27. The number of nitrogens with one attached hydrogen (secondary N) is 1. The van der Waals surface area contributed by atoms with E-state index < -0.39 is 0 Å². The molecule has 0 bridgehead atoms. The summed E-state index contributed by atoms with van der Waals surface area (Å²) in [4.78, 5) is 1.41. The third-order valence-electron chi connectivity index (χ3n) is 3.24. The summed E-state index contributed by atoms with van der Waals surface area (Å²) in [6.45, 7) is 4.92.